The molecular weight excluding hydrogens is 312 g/mol. The first-order valence-corrected chi connectivity index (χ1v) is 9.70. The molecule has 4 atom stereocenters. The van der Waals surface area contributed by atoms with E-state index in [1.54, 1.807) is 4.90 Å². The van der Waals surface area contributed by atoms with Crippen LogP contribution in [-0.4, -0.2) is 44.0 Å². The van der Waals surface area contributed by atoms with Crippen LogP contribution >= 0.6 is 0 Å². The predicted molar refractivity (Wildman–Crippen MR) is 95.8 cm³/mol. The van der Waals surface area contributed by atoms with Gasteiger partial charge >= 0.3 is 6.09 Å². The lowest BCUT2D eigenvalue weighted by Gasteiger charge is -2.46. The molecule has 1 amide bonds. The summed E-state index contributed by atoms with van der Waals surface area (Å²) in [6, 6.07) is 0.161. The molecule has 6 heteroatoms. The van der Waals surface area contributed by atoms with E-state index in [1.165, 1.54) is 0 Å². The maximum Gasteiger partial charge on any atom is 0.407 e. The van der Waals surface area contributed by atoms with Crippen LogP contribution in [0.3, 0.4) is 0 Å². The molecule has 1 aliphatic rings. The fourth-order valence-corrected chi connectivity index (χ4v) is 4.22. The average Bonchev–Trinajstić information content (AvgIpc) is 2.41. The van der Waals surface area contributed by atoms with Crippen LogP contribution < -0.4 is 4.72 Å². The molecule has 1 aliphatic heterocycles. The summed E-state index contributed by atoms with van der Waals surface area (Å²) >= 11 is -1.10. The van der Waals surface area contributed by atoms with Gasteiger partial charge in [0.2, 0.25) is 0 Å². The quantitative estimate of drug-likeness (QED) is 0.762. The van der Waals surface area contributed by atoms with E-state index in [4.69, 9.17) is 0 Å². The van der Waals surface area contributed by atoms with Crippen LogP contribution in [0.4, 0.5) is 4.79 Å². The molecule has 136 valence electrons. The summed E-state index contributed by atoms with van der Waals surface area (Å²) in [5, 5.41) is 9.47. The van der Waals surface area contributed by atoms with Crippen molar-refractivity contribution >= 4 is 17.5 Å². The Labute approximate surface area is 144 Å². The fourth-order valence-electron chi connectivity index (χ4n) is 3.24. The Morgan fingerprint density at radius 3 is 2.30 bits per heavy atom. The van der Waals surface area contributed by atoms with Crippen molar-refractivity contribution in [2.45, 2.75) is 84.6 Å². The van der Waals surface area contributed by atoms with E-state index in [2.05, 4.69) is 32.4 Å². The monoisotopic (exact) mass is 346 g/mol. The summed E-state index contributed by atoms with van der Waals surface area (Å²) in [6.07, 6.45) is 1.72. The van der Waals surface area contributed by atoms with Gasteiger partial charge in [-0.05, 0) is 51.4 Å². The van der Waals surface area contributed by atoms with Gasteiger partial charge in [0.25, 0.3) is 0 Å². The smallest absolute Gasteiger partial charge is 0.407 e. The molecular formula is C17H34N2O3S. The molecule has 0 aromatic rings. The zero-order valence-electron chi connectivity index (χ0n) is 15.7. The third-order valence-corrected chi connectivity index (χ3v) is 6.34. The first-order valence-electron chi connectivity index (χ1n) is 8.55. The van der Waals surface area contributed by atoms with Crippen molar-refractivity contribution < 1.29 is 14.5 Å². The second-order valence-electron chi connectivity index (χ2n) is 8.66. The second-order valence-corrected chi connectivity index (χ2v) is 10.7. The Morgan fingerprint density at radius 1 is 1.35 bits per heavy atom. The fraction of sp³-hybridized carbons (Fsp3) is 0.941. The summed E-state index contributed by atoms with van der Waals surface area (Å²) in [6.45, 7) is 14.8. The molecule has 0 unspecified atom stereocenters. The van der Waals surface area contributed by atoms with Gasteiger partial charge in [-0.25, -0.2) is 4.79 Å². The van der Waals surface area contributed by atoms with Crippen molar-refractivity contribution in [1.29, 1.82) is 0 Å². The van der Waals surface area contributed by atoms with Crippen LogP contribution in [0.2, 0.25) is 0 Å². The molecule has 5 nitrogen and oxygen atoms in total. The van der Waals surface area contributed by atoms with E-state index >= 15 is 0 Å². The number of hydrogen-bond acceptors (Lipinski definition) is 3. The van der Waals surface area contributed by atoms with Gasteiger partial charge in [0.1, 0.15) is 4.75 Å². The van der Waals surface area contributed by atoms with Gasteiger partial charge in [0.15, 0.2) is 0 Å². The van der Waals surface area contributed by atoms with E-state index in [0.29, 0.717) is 12.5 Å². The Balaban J connectivity index is 2.86. The molecule has 0 bridgehead atoms. The van der Waals surface area contributed by atoms with Gasteiger partial charge in [-0.3, -0.25) is 0 Å². The lowest BCUT2D eigenvalue weighted by atomic mass is 9.75. The summed E-state index contributed by atoms with van der Waals surface area (Å²) in [5.74, 6) is 0.353. The van der Waals surface area contributed by atoms with Crippen molar-refractivity contribution in [2.75, 3.05) is 6.54 Å². The number of hydrogen-bond donors (Lipinski definition) is 2. The number of carboxylic acid groups (broad SMARTS) is 1. The minimum Gasteiger partial charge on any atom is -0.598 e. The maximum absolute atomic E-state index is 12.4. The van der Waals surface area contributed by atoms with Gasteiger partial charge in [0.05, 0.1) is 6.04 Å². The van der Waals surface area contributed by atoms with E-state index < -0.39 is 17.5 Å². The molecule has 0 aromatic carbocycles. The second kappa shape index (κ2) is 7.62. The van der Waals surface area contributed by atoms with E-state index in [1.807, 2.05) is 20.8 Å². The number of rotatable bonds is 4. The van der Waals surface area contributed by atoms with Crippen LogP contribution in [0.1, 0.15) is 67.7 Å². The first kappa shape index (κ1) is 20.6. The van der Waals surface area contributed by atoms with Crippen LogP contribution in [0.5, 0.6) is 0 Å². The molecule has 1 heterocycles. The van der Waals surface area contributed by atoms with E-state index in [-0.39, 0.29) is 22.2 Å². The zero-order chi connectivity index (χ0) is 18.0. The molecule has 0 radical (unpaired) electrons. The predicted octanol–water partition coefficient (Wildman–Crippen LogP) is 3.62. The van der Waals surface area contributed by atoms with E-state index in [0.717, 1.165) is 19.3 Å². The van der Waals surface area contributed by atoms with Crippen LogP contribution in [-0.2, 0) is 11.4 Å². The zero-order valence-corrected chi connectivity index (χ0v) is 16.5. The van der Waals surface area contributed by atoms with Crippen molar-refractivity contribution in [2.24, 2.45) is 11.3 Å². The Kier molecular flexibility index (Phi) is 6.82. The topological polar surface area (TPSA) is 75.6 Å². The van der Waals surface area contributed by atoms with Crippen LogP contribution in [0, 0.1) is 11.3 Å². The first-order chi connectivity index (χ1) is 10.4. The van der Waals surface area contributed by atoms with Gasteiger partial charge < -0.3 is 14.6 Å². The number of piperidine rings is 1. The highest BCUT2D eigenvalue weighted by Gasteiger charge is 2.42. The highest BCUT2D eigenvalue weighted by Crippen LogP contribution is 2.36. The molecule has 23 heavy (non-hydrogen) atoms. The number of likely N-dealkylation sites (tertiary alicyclic amines) is 1. The Bertz CT molecular complexity index is 404. The van der Waals surface area contributed by atoms with Gasteiger partial charge in [0, 0.05) is 23.9 Å². The lowest BCUT2D eigenvalue weighted by molar-refractivity contribution is 0.0340. The minimum absolute atomic E-state index is 0.00216. The Morgan fingerprint density at radius 2 is 1.91 bits per heavy atom. The minimum atomic E-state index is -1.10. The normalized spacial score (nSPS) is 26.0. The number of nitrogens with zero attached hydrogens (tertiary/aromatic N) is 1. The number of carbonyl (C=O) groups is 1. The summed E-state index contributed by atoms with van der Waals surface area (Å²) < 4.78 is 15.4. The van der Waals surface area contributed by atoms with Crippen LogP contribution in [0.15, 0.2) is 0 Å². The van der Waals surface area contributed by atoms with Crippen molar-refractivity contribution in [3.63, 3.8) is 0 Å². The third kappa shape index (κ3) is 5.54. The van der Waals surface area contributed by atoms with Gasteiger partial charge in [-0.2, -0.15) is 0 Å². The molecule has 1 rings (SSSR count). The highest BCUT2D eigenvalue weighted by atomic mass is 32.2. The summed E-state index contributed by atoms with van der Waals surface area (Å²) in [4.78, 5) is 13.1. The maximum atomic E-state index is 12.4. The van der Waals surface area contributed by atoms with Gasteiger partial charge in [-0.1, -0.05) is 27.7 Å². The third-order valence-electron chi connectivity index (χ3n) is 4.71. The molecule has 1 fully saturated rings. The number of amides is 1. The number of nitrogens with one attached hydrogen (secondary N) is 1. The molecule has 2 N–H and O–H groups in total. The van der Waals surface area contributed by atoms with Gasteiger partial charge in [-0.15, -0.1) is 4.72 Å². The van der Waals surface area contributed by atoms with E-state index in [9.17, 15) is 14.5 Å². The van der Waals surface area contributed by atoms with Crippen molar-refractivity contribution in [3.05, 3.63) is 0 Å². The lowest BCUT2D eigenvalue weighted by Crippen LogP contribution is -2.55. The summed E-state index contributed by atoms with van der Waals surface area (Å²) in [5.41, 5.74) is -0.0987. The molecule has 0 aliphatic carbocycles. The average molecular weight is 347 g/mol. The van der Waals surface area contributed by atoms with Crippen molar-refractivity contribution in [1.82, 2.24) is 9.62 Å². The molecule has 0 aromatic heterocycles. The summed E-state index contributed by atoms with van der Waals surface area (Å²) in [7, 11) is 0. The molecule has 0 spiro atoms. The van der Waals surface area contributed by atoms with Crippen LogP contribution in [0.25, 0.3) is 0 Å². The largest absolute Gasteiger partial charge is 0.598 e. The molecule has 1 saturated heterocycles. The van der Waals surface area contributed by atoms with Crippen molar-refractivity contribution in [3.8, 4) is 0 Å². The molecule has 0 saturated carbocycles. The highest BCUT2D eigenvalue weighted by molar-refractivity contribution is 7.90. The SMILES string of the molecule is CC[C@H](N[S@+]([O-])C(C)(C)C)[C@@H]1CCN(C(=O)O)[C@@H](C(C)(C)C)C1. The standard InChI is InChI=1S/C17H34N2O3S/c1-8-13(18-23(22)17(5,6)7)12-9-10-19(15(20)21)14(11-12)16(2,3)4/h12-14,18H,8-11H2,1-7H3,(H,20,21)/t12-,13+,14-,23-/m1/s1. The Hall–Kier alpha value is -0.460.